The number of aromatic hydroxyl groups is 1. The van der Waals surface area contributed by atoms with Gasteiger partial charge in [-0.1, -0.05) is 26.0 Å². The zero-order valence-corrected chi connectivity index (χ0v) is 18.5. The van der Waals surface area contributed by atoms with E-state index in [4.69, 9.17) is 0 Å². The van der Waals surface area contributed by atoms with Crippen LogP contribution in [0.25, 0.3) is 5.57 Å². The molecule has 0 saturated carbocycles. The van der Waals surface area contributed by atoms with E-state index in [1.54, 1.807) is 11.0 Å². The highest BCUT2D eigenvalue weighted by Gasteiger charge is 2.32. The van der Waals surface area contributed by atoms with Gasteiger partial charge < -0.3 is 19.6 Å². The van der Waals surface area contributed by atoms with E-state index in [0.29, 0.717) is 18.0 Å². The average molecular weight is 448 g/mol. The van der Waals surface area contributed by atoms with Gasteiger partial charge in [-0.25, -0.2) is 0 Å². The van der Waals surface area contributed by atoms with Crippen molar-refractivity contribution < 1.29 is 27.8 Å². The largest absolute Gasteiger partial charge is 0.573 e. The van der Waals surface area contributed by atoms with E-state index in [-0.39, 0.29) is 29.5 Å². The third-order valence-electron chi connectivity index (χ3n) is 5.11. The van der Waals surface area contributed by atoms with Gasteiger partial charge in [-0.05, 0) is 59.4 Å². The Morgan fingerprint density at radius 3 is 2.50 bits per heavy atom. The first-order valence-electron chi connectivity index (χ1n) is 10.3. The van der Waals surface area contributed by atoms with Crippen molar-refractivity contribution in [2.75, 3.05) is 13.6 Å². The van der Waals surface area contributed by atoms with E-state index in [9.17, 15) is 23.1 Å². The fourth-order valence-electron chi connectivity index (χ4n) is 3.90. The zero-order chi connectivity index (χ0) is 23.6. The standard InChI is InChI=1S/C24H27F3N2O3/c1-15(2)11-28(4)12-16(3)18-9-19-14-29(23(31)22(19)21(30)10-18)13-17-5-7-20(8-6-17)32-24(25,26)27/h5-10,12,15,30H,11,13-14H2,1-4H3/b16-12+. The van der Waals surface area contributed by atoms with Crippen LogP contribution in [0.3, 0.4) is 0 Å². The smallest absolute Gasteiger partial charge is 0.507 e. The van der Waals surface area contributed by atoms with Gasteiger partial charge in [-0.3, -0.25) is 4.79 Å². The molecule has 0 bridgehead atoms. The van der Waals surface area contributed by atoms with Crippen molar-refractivity contribution in [1.29, 1.82) is 0 Å². The Morgan fingerprint density at radius 2 is 1.91 bits per heavy atom. The number of carbonyl (C=O) groups excluding carboxylic acids is 1. The maximum atomic E-state index is 12.8. The van der Waals surface area contributed by atoms with Gasteiger partial charge in [0.1, 0.15) is 11.5 Å². The summed E-state index contributed by atoms with van der Waals surface area (Å²) in [5.74, 6) is -0.182. The van der Waals surface area contributed by atoms with Gasteiger partial charge >= 0.3 is 6.36 Å². The highest BCUT2D eigenvalue weighted by molar-refractivity contribution is 6.01. The fraction of sp³-hybridized carbons (Fsp3) is 0.375. The molecule has 0 saturated heterocycles. The van der Waals surface area contributed by atoms with Crippen LogP contribution in [-0.2, 0) is 13.1 Å². The molecule has 1 heterocycles. The summed E-state index contributed by atoms with van der Waals surface area (Å²) < 4.78 is 40.8. The number of halogens is 3. The molecule has 5 nitrogen and oxygen atoms in total. The molecule has 1 aliphatic heterocycles. The van der Waals surface area contributed by atoms with E-state index in [2.05, 4.69) is 23.5 Å². The van der Waals surface area contributed by atoms with Crippen LogP contribution in [0, 0.1) is 5.92 Å². The predicted octanol–water partition coefficient (Wildman–Crippen LogP) is 5.40. The molecule has 172 valence electrons. The predicted molar refractivity (Wildman–Crippen MR) is 116 cm³/mol. The lowest BCUT2D eigenvalue weighted by Crippen LogP contribution is -2.23. The number of nitrogens with zero attached hydrogens (tertiary/aromatic N) is 2. The average Bonchev–Trinajstić information content (AvgIpc) is 2.97. The molecule has 0 aliphatic carbocycles. The number of phenols is 1. The molecule has 0 spiro atoms. The Bertz CT molecular complexity index is 1010. The number of fused-ring (bicyclic) bond motifs is 1. The number of amides is 1. The van der Waals surface area contributed by atoms with Crippen LogP contribution in [0.1, 0.15) is 47.8 Å². The summed E-state index contributed by atoms with van der Waals surface area (Å²) in [6, 6.07) is 8.91. The summed E-state index contributed by atoms with van der Waals surface area (Å²) in [7, 11) is 1.99. The van der Waals surface area contributed by atoms with Crippen LogP contribution in [0.5, 0.6) is 11.5 Å². The molecule has 1 aliphatic rings. The van der Waals surface area contributed by atoms with Gasteiger partial charge in [0.25, 0.3) is 5.91 Å². The van der Waals surface area contributed by atoms with Gasteiger partial charge in [0.05, 0.1) is 5.56 Å². The van der Waals surface area contributed by atoms with E-state index in [1.807, 2.05) is 26.2 Å². The lowest BCUT2D eigenvalue weighted by Gasteiger charge is -2.18. The fourth-order valence-corrected chi connectivity index (χ4v) is 3.90. The van der Waals surface area contributed by atoms with Crippen molar-refractivity contribution in [3.63, 3.8) is 0 Å². The number of hydrogen-bond donors (Lipinski definition) is 1. The second-order valence-electron chi connectivity index (χ2n) is 8.53. The Morgan fingerprint density at radius 1 is 1.25 bits per heavy atom. The van der Waals surface area contributed by atoms with E-state index in [0.717, 1.165) is 23.2 Å². The molecule has 0 fully saturated rings. The topological polar surface area (TPSA) is 53.0 Å². The zero-order valence-electron chi connectivity index (χ0n) is 18.5. The van der Waals surface area contributed by atoms with Gasteiger partial charge in [-0.15, -0.1) is 13.2 Å². The third-order valence-corrected chi connectivity index (χ3v) is 5.11. The number of phenolic OH excluding ortho intramolecular Hbond substituents is 1. The summed E-state index contributed by atoms with van der Waals surface area (Å²) in [6.45, 7) is 7.65. The molecule has 0 radical (unpaired) electrons. The van der Waals surface area contributed by atoms with Crippen LogP contribution < -0.4 is 4.74 Å². The lowest BCUT2D eigenvalue weighted by atomic mass is 10.0. The maximum Gasteiger partial charge on any atom is 0.573 e. The van der Waals surface area contributed by atoms with Crippen molar-refractivity contribution in [3.05, 3.63) is 64.9 Å². The van der Waals surface area contributed by atoms with Gasteiger partial charge in [0, 0.05) is 32.9 Å². The van der Waals surface area contributed by atoms with Crippen LogP contribution in [0.2, 0.25) is 0 Å². The molecule has 32 heavy (non-hydrogen) atoms. The minimum Gasteiger partial charge on any atom is -0.507 e. The molecule has 0 atom stereocenters. The third kappa shape index (κ3) is 5.75. The van der Waals surface area contributed by atoms with E-state index >= 15 is 0 Å². The summed E-state index contributed by atoms with van der Waals surface area (Å²) >= 11 is 0. The molecule has 0 aromatic heterocycles. The number of rotatable bonds is 7. The molecule has 0 unspecified atom stereocenters. The number of ether oxygens (including phenoxy) is 1. The Hall–Kier alpha value is -3.16. The minimum atomic E-state index is -4.75. The molecule has 2 aromatic rings. The Labute approximate surface area is 185 Å². The van der Waals surface area contributed by atoms with E-state index < -0.39 is 6.36 Å². The summed E-state index contributed by atoms with van der Waals surface area (Å²) in [5, 5.41) is 10.5. The first-order valence-corrected chi connectivity index (χ1v) is 10.3. The first kappa shape index (κ1) is 23.5. The molecule has 8 heteroatoms. The van der Waals surface area contributed by atoms with Gasteiger partial charge in [0.2, 0.25) is 0 Å². The molecule has 1 amide bonds. The van der Waals surface area contributed by atoms with Crippen molar-refractivity contribution in [3.8, 4) is 11.5 Å². The highest BCUT2D eigenvalue weighted by atomic mass is 19.4. The normalized spacial score (nSPS) is 14.2. The van der Waals surface area contributed by atoms with Crippen molar-refractivity contribution in [1.82, 2.24) is 9.80 Å². The highest BCUT2D eigenvalue weighted by Crippen LogP contribution is 2.35. The van der Waals surface area contributed by atoms with Crippen LogP contribution in [0.15, 0.2) is 42.6 Å². The number of carbonyl (C=O) groups is 1. The van der Waals surface area contributed by atoms with Crippen LogP contribution in [0.4, 0.5) is 13.2 Å². The molecular weight excluding hydrogens is 421 g/mol. The number of benzene rings is 2. The Balaban J connectivity index is 1.75. The lowest BCUT2D eigenvalue weighted by molar-refractivity contribution is -0.274. The van der Waals surface area contributed by atoms with Crippen LogP contribution >= 0.6 is 0 Å². The Kier molecular flexibility index (Phi) is 6.71. The second kappa shape index (κ2) is 9.14. The number of alkyl halides is 3. The maximum absolute atomic E-state index is 12.8. The second-order valence-corrected chi connectivity index (χ2v) is 8.53. The number of allylic oxidation sites excluding steroid dienone is 1. The monoisotopic (exact) mass is 448 g/mol. The molecule has 1 N–H and O–H groups in total. The van der Waals surface area contributed by atoms with Crippen molar-refractivity contribution in [2.24, 2.45) is 5.92 Å². The van der Waals surface area contributed by atoms with Crippen LogP contribution in [-0.4, -0.2) is 40.8 Å². The molecule has 3 rings (SSSR count). The SMILES string of the molecule is C/C(=C\N(C)CC(C)C)c1cc(O)c2c(c1)CN(Cc1ccc(OC(F)(F)F)cc1)C2=O. The minimum absolute atomic E-state index is 0.0711. The molecular formula is C24H27F3N2O3. The quantitative estimate of drug-likeness (QED) is 0.617. The number of hydrogen-bond acceptors (Lipinski definition) is 4. The van der Waals surface area contributed by atoms with Gasteiger partial charge in [-0.2, -0.15) is 0 Å². The summed E-state index contributed by atoms with van der Waals surface area (Å²) in [6.07, 6.45) is -2.74. The summed E-state index contributed by atoms with van der Waals surface area (Å²) in [5.41, 5.74) is 3.46. The van der Waals surface area contributed by atoms with Crippen molar-refractivity contribution >= 4 is 11.5 Å². The summed E-state index contributed by atoms with van der Waals surface area (Å²) in [4.78, 5) is 16.5. The van der Waals surface area contributed by atoms with E-state index in [1.165, 1.54) is 24.3 Å². The first-order chi connectivity index (χ1) is 14.9. The van der Waals surface area contributed by atoms with Crippen molar-refractivity contribution in [2.45, 2.75) is 40.2 Å². The molecule has 2 aromatic carbocycles. The van der Waals surface area contributed by atoms with Gasteiger partial charge in [0.15, 0.2) is 0 Å².